The second-order valence-electron chi connectivity index (χ2n) is 4.24. The molecule has 1 aromatic rings. The Balaban J connectivity index is 2.27. The van der Waals surface area contributed by atoms with E-state index in [2.05, 4.69) is 6.92 Å². The van der Waals surface area contributed by atoms with Crippen LogP contribution in [0.15, 0.2) is 18.2 Å². The van der Waals surface area contributed by atoms with Crippen LogP contribution in [0.1, 0.15) is 18.9 Å². The third kappa shape index (κ3) is 2.35. The molecule has 1 aliphatic heterocycles. The molecule has 1 N–H and O–H groups in total. The molecule has 16 heavy (non-hydrogen) atoms. The lowest BCUT2D eigenvalue weighted by molar-refractivity contribution is 0.0465. The fraction of sp³-hybridized carbons (Fsp3) is 0.500. The highest BCUT2D eigenvalue weighted by molar-refractivity contribution is 8.00. The van der Waals surface area contributed by atoms with Crippen molar-refractivity contribution in [3.8, 4) is 0 Å². The molecule has 0 spiro atoms. The number of rotatable bonds is 2. The van der Waals surface area contributed by atoms with E-state index >= 15 is 0 Å². The van der Waals surface area contributed by atoms with Gasteiger partial charge in [-0.15, -0.1) is 0 Å². The molecule has 88 valence electrons. The molecule has 0 bridgehead atoms. The molecule has 1 nitrogen and oxygen atoms in total. The number of benzene rings is 1. The Morgan fingerprint density at radius 1 is 1.44 bits per heavy atom. The van der Waals surface area contributed by atoms with Crippen LogP contribution in [-0.2, 0) is 6.42 Å². The largest absolute Gasteiger partial charge is 0.388 e. The first-order valence-corrected chi connectivity index (χ1v) is 7.10. The Bertz CT molecular complexity index is 376. The van der Waals surface area contributed by atoms with Crippen molar-refractivity contribution in [2.75, 3.05) is 5.75 Å². The van der Waals surface area contributed by atoms with Gasteiger partial charge in [0, 0.05) is 21.7 Å². The predicted molar refractivity (Wildman–Crippen MR) is 71.7 cm³/mol. The Hall–Kier alpha value is 0.110. The standard InChI is InChI=1S/C12H14Cl2OS/c1-8-12(15,5-6-16-8)7-9-10(13)3-2-4-11(9)14/h2-4,8,15H,5-7H2,1H3. The van der Waals surface area contributed by atoms with Crippen LogP contribution in [0.4, 0.5) is 0 Å². The van der Waals surface area contributed by atoms with Crippen molar-refractivity contribution in [1.82, 2.24) is 0 Å². The molecule has 1 aromatic carbocycles. The molecule has 1 saturated heterocycles. The van der Waals surface area contributed by atoms with Crippen molar-refractivity contribution in [2.45, 2.75) is 30.6 Å². The molecule has 4 heteroatoms. The maximum absolute atomic E-state index is 10.5. The summed E-state index contributed by atoms with van der Waals surface area (Å²) in [7, 11) is 0. The molecule has 2 rings (SSSR count). The molecule has 0 saturated carbocycles. The SMILES string of the molecule is CC1SCCC1(O)Cc1c(Cl)cccc1Cl. The highest BCUT2D eigenvalue weighted by atomic mass is 35.5. The van der Waals surface area contributed by atoms with E-state index in [4.69, 9.17) is 23.2 Å². The van der Waals surface area contributed by atoms with E-state index < -0.39 is 5.60 Å². The molecule has 1 heterocycles. The summed E-state index contributed by atoms with van der Waals surface area (Å²) in [5.74, 6) is 1.000. The minimum atomic E-state index is -0.667. The van der Waals surface area contributed by atoms with Gasteiger partial charge in [0.05, 0.1) is 5.60 Å². The molecule has 2 unspecified atom stereocenters. The third-order valence-corrected chi connectivity index (χ3v) is 5.29. The number of aliphatic hydroxyl groups is 1. The summed E-state index contributed by atoms with van der Waals surface area (Å²) in [5.41, 5.74) is 0.196. The fourth-order valence-corrected chi connectivity index (χ4v) is 3.88. The van der Waals surface area contributed by atoms with Crippen LogP contribution < -0.4 is 0 Å². The maximum Gasteiger partial charge on any atom is 0.0812 e. The zero-order valence-electron chi connectivity index (χ0n) is 9.04. The van der Waals surface area contributed by atoms with Gasteiger partial charge in [0.1, 0.15) is 0 Å². The maximum atomic E-state index is 10.5. The number of hydrogen-bond donors (Lipinski definition) is 1. The quantitative estimate of drug-likeness (QED) is 0.887. The van der Waals surface area contributed by atoms with Gasteiger partial charge in [0.15, 0.2) is 0 Å². The fourth-order valence-electron chi connectivity index (χ4n) is 2.01. The van der Waals surface area contributed by atoms with E-state index in [-0.39, 0.29) is 5.25 Å². The Kier molecular flexibility index (Phi) is 3.75. The van der Waals surface area contributed by atoms with Gasteiger partial charge < -0.3 is 5.11 Å². The van der Waals surface area contributed by atoms with Crippen molar-refractivity contribution in [1.29, 1.82) is 0 Å². The van der Waals surface area contributed by atoms with Crippen LogP contribution in [0.3, 0.4) is 0 Å². The van der Waals surface area contributed by atoms with Crippen molar-refractivity contribution >= 4 is 35.0 Å². The van der Waals surface area contributed by atoms with Gasteiger partial charge in [-0.25, -0.2) is 0 Å². The minimum absolute atomic E-state index is 0.236. The second kappa shape index (κ2) is 4.77. The van der Waals surface area contributed by atoms with Crippen molar-refractivity contribution in [3.63, 3.8) is 0 Å². The first-order valence-electron chi connectivity index (χ1n) is 5.30. The third-order valence-electron chi connectivity index (χ3n) is 3.20. The van der Waals surface area contributed by atoms with Crippen molar-refractivity contribution in [2.24, 2.45) is 0 Å². The number of hydrogen-bond acceptors (Lipinski definition) is 2. The zero-order chi connectivity index (χ0) is 11.8. The van der Waals surface area contributed by atoms with Crippen molar-refractivity contribution in [3.05, 3.63) is 33.8 Å². The van der Waals surface area contributed by atoms with E-state index in [9.17, 15) is 5.11 Å². The predicted octanol–water partition coefficient (Wildman–Crippen LogP) is 3.79. The monoisotopic (exact) mass is 276 g/mol. The summed E-state index contributed by atoms with van der Waals surface area (Å²) in [5, 5.41) is 12.0. The summed E-state index contributed by atoms with van der Waals surface area (Å²) in [6.45, 7) is 2.06. The Labute approximate surface area is 110 Å². The van der Waals surface area contributed by atoms with E-state index in [0.29, 0.717) is 16.5 Å². The molecule has 0 amide bonds. The van der Waals surface area contributed by atoms with Gasteiger partial charge in [-0.2, -0.15) is 11.8 Å². The Morgan fingerprint density at radius 2 is 2.06 bits per heavy atom. The van der Waals surface area contributed by atoms with Gasteiger partial charge in [0.2, 0.25) is 0 Å². The van der Waals surface area contributed by atoms with Gasteiger partial charge in [-0.3, -0.25) is 0 Å². The number of thioether (sulfide) groups is 1. The first kappa shape index (κ1) is 12.6. The van der Waals surface area contributed by atoms with Crippen LogP contribution in [0.2, 0.25) is 10.0 Å². The molecule has 1 aliphatic rings. The molecule has 1 fully saturated rings. The average molecular weight is 277 g/mol. The van der Waals surface area contributed by atoms with Crippen LogP contribution in [0.5, 0.6) is 0 Å². The van der Waals surface area contributed by atoms with Crippen LogP contribution >= 0.6 is 35.0 Å². The average Bonchev–Trinajstić information content (AvgIpc) is 2.54. The van der Waals surface area contributed by atoms with Gasteiger partial charge in [-0.1, -0.05) is 36.2 Å². The molecule has 0 aliphatic carbocycles. The summed E-state index contributed by atoms with van der Waals surface area (Å²) >= 11 is 14.0. The number of halogens is 2. The van der Waals surface area contributed by atoms with Crippen molar-refractivity contribution < 1.29 is 5.11 Å². The van der Waals surface area contributed by atoms with E-state index in [1.807, 2.05) is 18.2 Å². The molecule has 0 aromatic heterocycles. The van der Waals surface area contributed by atoms with E-state index in [1.165, 1.54) is 0 Å². The highest BCUT2D eigenvalue weighted by Crippen LogP contribution is 2.40. The lowest BCUT2D eigenvalue weighted by Gasteiger charge is -2.27. The molecule has 2 atom stereocenters. The molecular weight excluding hydrogens is 263 g/mol. The smallest absolute Gasteiger partial charge is 0.0812 e. The zero-order valence-corrected chi connectivity index (χ0v) is 11.4. The minimum Gasteiger partial charge on any atom is -0.388 e. The van der Waals surface area contributed by atoms with Crippen LogP contribution in [0, 0.1) is 0 Å². The van der Waals surface area contributed by atoms with E-state index in [0.717, 1.165) is 17.7 Å². The lowest BCUT2D eigenvalue weighted by Crippen LogP contribution is -2.37. The summed E-state index contributed by atoms with van der Waals surface area (Å²) in [6, 6.07) is 5.46. The first-order chi connectivity index (χ1) is 7.53. The highest BCUT2D eigenvalue weighted by Gasteiger charge is 2.39. The summed E-state index contributed by atoms with van der Waals surface area (Å²) < 4.78 is 0. The van der Waals surface area contributed by atoms with Crippen LogP contribution in [-0.4, -0.2) is 21.7 Å². The molecule has 0 radical (unpaired) electrons. The van der Waals surface area contributed by atoms with Gasteiger partial charge in [-0.05, 0) is 29.9 Å². The summed E-state index contributed by atoms with van der Waals surface area (Å²) in [6.07, 6.45) is 1.35. The van der Waals surface area contributed by atoms with Gasteiger partial charge >= 0.3 is 0 Å². The summed E-state index contributed by atoms with van der Waals surface area (Å²) in [4.78, 5) is 0. The molecular formula is C12H14Cl2OS. The van der Waals surface area contributed by atoms with Crippen LogP contribution in [0.25, 0.3) is 0 Å². The van der Waals surface area contributed by atoms with E-state index in [1.54, 1.807) is 11.8 Å². The normalized spacial score (nSPS) is 29.6. The van der Waals surface area contributed by atoms with Gasteiger partial charge in [0.25, 0.3) is 0 Å². The second-order valence-corrected chi connectivity index (χ2v) is 6.51. The lowest BCUT2D eigenvalue weighted by atomic mass is 9.89. The topological polar surface area (TPSA) is 20.2 Å². The Morgan fingerprint density at radius 3 is 2.56 bits per heavy atom.